The fourth-order valence-electron chi connectivity index (χ4n) is 3.06. The van der Waals surface area contributed by atoms with Gasteiger partial charge in [0.1, 0.15) is 5.82 Å². The van der Waals surface area contributed by atoms with Gasteiger partial charge in [-0.2, -0.15) is 4.98 Å². The normalized spacial score (nSPS) is 14.9. The van der Waals surface area contributed by atoms with E-state index >= 15 is 4.39 Å². The van der Waals surface area contributed by atoms with Gasteiger partial charge in [-0.1, -0.05) is 35.3 Å². The van der Waals surface area contributed by atoms with Gasteiger partial charge < -0.3 is 16.2 Å². The molecule has 164 valence electrons. The molecule has 2 aromatic heterocycles. The summed E-state index contributed by atoms with van der Waals surface area (Å²) in [7, 11) is 0. The van der Waals surface area contributed by atoms with Gasteiger partial charge in [0, 0.05) is 26.0 Å². The Kier molecular flexibility index (Phi) is 5.24. The standard InChI is InChI=1S/C22H18Cl2FN5O2/c23-14-3-1-12(2-4-14)17(31)7-9-27-21(32)19-16(24)6-5-15(20(19)25)13-8-10-30-18(11-13)28-22(26)29-30/h1-6,8,10-11,17,31H,7,9H2,(H2,26,29)(H,27,32)/i9D2,17D. The van der Waals surface area contributed by atoms with E-state index in [0.29, 0.717) is 16.2 Å². The van der Waals surface area contributed by atoms with E-state index in [0.717, 1.165) is 0 Å². The predicted octanol–water partition coefficient (Wildman–Crippen LogP) is 4.28. The molecule has 2 aromatic carbocycles. The third-order valence-electron chi connectivity index (χ3n) is 4.62. The molecule has 4 aromatic rings. The van der Waals surface area contributed by atoms with Crippen LogP contribution in [0.5, 0.6) is 0 Å². The number of nitrogens with zero attached hydrogens (tertiary/aromatic N) is 3. The van der Waals surface area contributed by atoms with E-state index in [2.05, 4.69) is 10.1 Å². The summed E-state index contributed by atoms with van der Waals surface area (Å²) in [6.07, 6.45) is -1.73. The predicted molar refractivity (Wildman–Crippen MR) is 121 cm³/mol. The van der Waals surface area contributed by atoms with E-state index in [9.17, 15) is 9.90 Å². The van der Waals surface area contributed by atoms with E-state index < -0.39 is 36.3 Å². The number of aromatic nitrogens is 3. The molecule has 0 saturated heterocycles. The molecule has 1 amide bonds. The number of carbonyl (C=O) groups is 1. The maximum Gasteiger partial charge on any atom is 0.255 e. The molecule has 0 aliphatic rings. The highest BCUT2D eigenvalue weighted by molar-refractivity contribution is 6.34. The minimum absolute atomic E-state index is 0.0161. The van der Waals surface area contributed by atoms with Crippen molar-refractivity contribution in [2.24, 2.45) is 0 Å². The highest BCUT2D eigenvalue weighted by Gasteiger charge is 2.21. The van der Waals surface area contributed by atoms with Crippen molar-refractivity contribution < 1.29 is 18.4 Å². The van der Waals surface area contributed by atoms with Crippen molar-refractivity contribution in [1.29, 1.82) is 0 Å². The lowest BCUT2D eigenvalue weighted by atomic mass is 10.0. The molecule has 0 spiro atoms. The molecule has 10 heteroatoms. The highest BCUT2D eigenvalue weighted by Crippen LogP contribution is 2.30. The number of halogens is 3. The third kappa shape index (κ3) is 4.52. The summed E-state index contributed by atoms with van der Waals surface area (Å²) in [5.41, 5.74) is 5.79. The van der Waals surface area contributed by atoms with E-state index in [-0.39, 0.29) is 22.1 Å². The Hall–Kier alpha value is -3.20. The SMILES string of the molecule is [2H]C([2H])(CC([2H])(O)c1ccc(Cl)cc1)NC(=O)c1c(Cl)ccc(-c2ccn3nc(N)nc3c2)c1F. The number of hydrogen-bond donors (Lipinski definition) is 3. The van der Waals surface area contributed by atoms with Gasteiger partial charge >= 0.3 is 0 Å². The molecule has 0 radical (unpaired) electrons. The van der Waals surface area contributed by atoms with Gasteiger partial charge in [-0.05, 0) is 53.9 Å². The number of hydrogen-bond acceptors (Lipinski definition) is 5. The molecule has 4 N–H and O–H groups in total. The first-order valence-electron chi connectivity index (χ1n) is 10.8. The molecule has 2 heterocycles. The summed E-state index contributed by atoms with van der Waals surface area (Å²) in [6.45, 7) is -2.60. The molecule has 4 rings (SSSR count). The van der Waals surface area contributed by atoms with Crippen LogP contribution in [0.4, 0.5) is 10.3 Å². The van der Waals surface area contributed by atoms with Crippen LogP contribution in [0.1, 0.15) is 32.5 Å². The van der Waals surface area contributed by atoms with Crippen molar-refractivity contribution in [3.8, 4) is 11.1 Å². The molecular weight excluding hydrogens is 456 g/mol. The fourth-order valence-corrected chi connectivity index (χ4v) is 3.42. The number of rotatable bonds is 6. The van der Waals surface area contributed by atoms with Gasteiger partial charge in [0.05, 0.1) is 18.0 Å². The van der Waals surface area contributed by atoms with Crippen LogP contribution < -0.4 is 11.1 Å². The minimum Gasteiger partial charge on any atom is -0.388 e. The second-order valence-corrected chi connectivity index (χ2v) is 7.58. The highest BCUT2D eigenvalue weighted by atomic mass is 35.5. The number of fused-ring (bicyclic) bond motifs is 1. The molecule has 7 nitrogen and oxygen atoms in total. The van der Waals surface area contributed by atoms with Crippen LogP contribution in [-0.2, 0) is 0 Å². The van der Waals surface area contributed by atoms with E-state index in [1.165, 1.54) is 53.2 Å². The summed E-state index contributed by atoms with van der Waals surface area (Å²) in [4.78, 5) is 16.9. The Morgan fingerprint density at radius 3 is 2.78 bits per heavy atom. The summed E-state index contributed by atoms with van der Waals surface area (Å²) in [5.74, 6) is -2.10. The number of nitrogens with one attached hydrogen (secondary N) is 1. The van der Waals surface area contributed by atoms with Crippen LogP contribution in [0.3, 0.4) is 0 Å². The van der Waals surface area contributed by atoms with E-state index in [1.54, 1.807) is 6.07 Å². The average Bonchev–Trinajstić information content (AvgIpc) is 3.12. The number of aliphatic hydroxyl groups is 1. The van der Waals surface area contributed by atoms with Crippen LogP contribution in [0.25, 0.3) is 16.8 Å². The zero-order chi connectivity index (χ0) is 25.5. The van der Waals surface area contributed by atoms with Gasteiger partial charge in [-0.25, -0.2) is 8.91 Å². The van der Waals surface area contributed by atoms with Crippen molar-refractivity contribution >= 4 is 40.7 Å². The molecular formula is C22H18Cl2FN5O2. The molecule has 0 fully saturated rings. The van der Waals surface area contributed by atoms with Crippen molar-refractivity contribution in [1.82, 2.24) is 19.9 Å². The fraction of sp³-hybridized carbons (Fsp3) is 0.136. The Morgan fingerprint density at radius 1 is 1.28 bits per heavy atom. The lowest BCUT2D eigenvalue weighted by Gasteiger charge is -2.14. The van der Waals surface area contributed by atoms with Crippen molar-refractivity contribution in [2.75, 3.05) is 12.2 Å². The first-order chi connectivity index (χ1) is 16.4. The molecule has 1 unspecified atom stereocenters. The van der Waals surface area contributed by atoms with E-state index in [1.807, 2.05) is 5.32 Å². The number of nitrogen functional groups attached to an aromatic ring is 1. The van der Waals surface area contributed by atoms with Crippen LogP contribution in [-0.4, -0.2) is 32.1 Å². The summed E-state index contributed by atoms with van der Waals surface area (Å²) >= 11 is 11.9. The quantitative estimate of drug-likeness (QED) is 0.385. The van der Waals surface area contributed by atoms with Gasteiger partial charge in [0.25, 0.3) is 5.91 Å². The maximum atomic E-state index is 15.5. The van der Waals surface area contributed by atoms with Crippen LogP contribution in [0.2, 0.25) is 10.0 Å². The summed E-state index contributed by atoms with van der Waals surface area (Å²) < 4.78 is 41.3. The van der Waals surface area contributed by atoms with Crippen LogP contribution in [0, 0.1) is 5.82 Å². The van der Waals surface area contributed by atoms with Gasteiger partial charge in [0.2, 0.25) is 5.95 Å². The zero-order valence-electron chi connectivity index (χ0n) is 19.3. The van der Waals surface area contributed by atoms with Crippen LogP contribution >= 0.6 is 23.2 Å². The largest absolute Gasteiger partial charge is 0.388 e. The lowest BCUT2D eigenvalue weighted by Crippen LogP contribution is -2.27. The molecule has 32 heavy (non-hydrogen) atoms. The first kappa shape index (κ1) is 18.4. The Morgan fingerprint density at radius 2 is 2.03 bits per heavy atom. The monoisotopic (exact) mass is 476 g/mol. The lowest BCUT2D eigenvalue weighted by molar-refractivity contribution is 0.0939. The Labute approximate surface area is 196 Å². The average molecular weight is 477 g/mol. The van der Waals surface area contributed by atoms with Gasteiger partial charge in [0.15, 0.2) is 5.65 Å². The molecule has 0 aliphatic carbocycles. The molecule has 0 bridgehead atoms. The maximum absolute atomic E-state index is 15.5. The summed E-state index contributed by atoms with van der Waals surface area (Å²) in [5, 5.41) is 16.6. The smallest absolute Gasteiger partial charge is 0.255 e. The number of nitrogens with two attached hydrogens (primary N) is 1. The van der Waals surface area contributed by atoms with Crippen LogP contribution in [0.15, 0.2) is 54.7 Å². The molecule has 1 atom stereocenters. The number of pyridine rings is 1. The topological polar surface area (TPSA) is 106 Å². The number of carbonyl (C=O) groups excluding carboxylic acids is 1. The Bertz CT molecular complexity index is 1430. The van der Waals surface area contributed by atoms with Gasteiger partial charge in [-0.3, -0.25) is 4.79 Å². The second kappa shape index (κ2) is 9.12. The summed E-state index contributed by atoms with van der Waals surface area (Å²) in [6, 6.07) is 11.4. The second-order valence-electron chi connectivity index (χ2n) is 6.73. The number of amides is 1. The van der Waals surface area contributed by atoms with Crippen molar-refractivity contribution in [3.05, 3.63) is 81.7 Å². The molecule has 0 aliphatic heterocycles. The zero-order valence-corrected chi connectivity index (χ0v) is 17.8. The van der Waals surface area contributed by atoms with E-state index in [4.69, 9.17) is 33.0 Å². The Balaban J connectivity index is 1.61. The van der Waals surface area contributed by atoms with Crippen molar-refractivity contribution in [2.45, 2.75) is 12.5 Å². The van der Waals surface area contributed by atoms with Gasteiger partial charge in [-0.15, -0.1) is 5.10 Å². The third-order valence-corrected chi connectivity index (χ3v) is 5.19. The minimum atomic E-state index is -2.60. The first-order valence-corrected chi connectivity index (χ1v) is 10.0. The number of anilines is 1. The van der Waals surface area contributed by atoms with Crippen molar-refractivity contribution in [3.63, 3.8) is 0 Å². The number of benzene rings is 2. The molecule has 0 saturated carbocycles.